The number of carbonyl (C=O) groups excluding carboxylic acids is 1. The number of rotatable bonds is 3. The molecule has 0 radical (unpaired) electrons. The molecule has 1 amide bonds. The molecule has 3 nitrogen and oxygen atoms in total. The summed E-state index contributed by atoms with van der Waals surface area (Å²) < 4.78 is 2.70. The fourth-order valence-electron chi connectivity index (χ4n) is 2.12. The first-order valence-corrected chi connectivity index (χ1v) is 7.42. The fraction of sp³-hybridized carbons (Fsp3) is 0.267. The van der Waals surface area contributed by atoms with Gasteiger partial charge in [0.15, 0.2) is 0 Å². The van der Waals surface area contributed by atoms with Gasteiger partial charge < -0.3 is 9.47 Å². The Labute approximate surface area is 132 Å². The number of benzene rings is 1. The van der Waals surface area contributed by atoms with E-state index < -0.39 is 0 Å². The van der Waals surface area contributed by atoms with Crippen LogP contribution in [0.25, 0.3) is 0 Å². The molecular weight excluding hydrogens is 340 g/mol. The fourth-order valence-corrected chi connectivity index (χ4v) is 2.93. The molecule has 1 aromatic carbocycles. The Balaban J connectivity index is 2.27. The number of halogens is 2. The molecule has 0 aliphatic rings. The Kier molecular flexibility index (Phi) is 4.55. The van der Waals surface area contributed by atoms with Crippen LogP contribution in [0.4, 0.5) is 0 Å². The second-order valence-electron chi connectivity index (χ2n) is 4.77. The first-order valence-electron chi connectivity index (χ1n) is 6.25. The summed E-state index contributed by atoms with van der Waals surface area (Å²) in [7, 11) is 3.64. The van der Waals surface area contributed by atoms with E-state index in [4.69, 9.17) is 11.6 Å². The minimum Gasteiger partial charge on any atom is -0.345 e. The van der Waals surface area contributed by atoms with Gasteiger partial charge in [-0.1, -0.05) is 29.8 Å². The van der Waals surface area contributed by atoms with Gasteiger partial charge in [-0.25, -0.2) is 0 Å². The molecule has 1 atom stereocenters. The summed E-state index contributed by atoms with van der Waals surface area (Å²) in [6.07, 6.45) is 1.86. The predicted molar refractivity (Wildman–Crippen MR) is 85.1 cm³/mol. The van der Waals surface area contributed by atoms with Crippen LogP contribution in [0.3, 0.4) is 0 Å². The van der Waals surface area contributed by atoms with E-state index >= 15 is 0 Å². The van der Waals surface area contributed by atoms with Crippen molar-refractivity contribution in [1.29, 1.82) is 0 Å². The average Bonchev–Trinajstić information content (AvgIpc) is 2.76. The van der Waals surface area contributed by atoms with Gasteiger partial charge in [-0.05, 0) is 40.5 Å². The van der Waals surface area contributed by atoms with E-state index in [9.17, 15) is 4.79 Å². The van der Waals surface area contributed by atoms with E-state index in [-0.39, 0.29) is 11.9 Å². The van der Waals surface area contributed by atoms with Crippen molar-refractivity contribution in [2.24, 2.45) is 7.05 Å². The molecule has 0 spiro atoms. The van der Waals surface area contributed by atoms with Gasteiger partial charge in [-0.3, -0.25) is 4.79 Å². The molecule has 106 valence electrons. The van der Waals surface area contributed by atoms with Crippen LogP contribution in [-0.4, -0.2) is 22.4 Å². The molecule has 0 saturated carbocycles. The number of hydrogen-bond donors (Lipinski definition) is 0. The van der Waals surface area contributed by atoms with Crippen molar-refractivity contribution in [3.63, 3.8) is 0 Å². The summed E-state index contributed by atoms with van der Waals surface area (Å²) in [5, 5.41) is 0.674. The molecule has 0 saturated heterocycles. The highest BCUT2D eigenvalue weighted by Crippen LogP contribution is 2.27. The third kappa shape index (κ3) is 2.91. The highest BCUT2D eigenvalue weighted by Gasteiger charge is 2.22. The van der Waals surface area contributed by atoms with Crippen LogP contribution in [0.5, 0.6) is 0 Å². The van der Waals surface area contributed by atoms with Gasteiger partial charge in [0.2, 0.25) is 0 Å². The van der Waals surface area contributed by atoms with Gasteiger partial charge in [0, 0.05) is 29.8 Å². The molecule has 0 aliphatic carbocycles. The van der Waals surface area contributed by atoms with E-state index in [1.165, 1.54) is 0 Å². The van der Waals surface area contributed by atoms with Crippen LogP contribution in [0.1, 0.15) is 29.0 Å². The maximum absolute atomic E-state index is 12.5. The smallest absolute Gasteiger partial charge is 0.270 e. The van der Waals surface area contributed by atoms with Crippen LogP contribution in [0.2, 0.25) is 5.02 Å². The number of amides is 1. The van der Waals surface area contributed by atoms with E-state index in [1.807, 2.05) is 55.1 Å². The molecule has 2 aromatic rings. The Morgan fingerprint density at radius 1 is 1.40 bits per heavy atom. The van der Waals surface area contributed by atoms with Crippen LogP contribution < -0.4 is 0 Å². The summed E-state index contributed by atoms with van der Waals surface area (Å²) in [5.74, 6) is -0.0365. The van der Waals surface area contributed by atoms with Gasteiger partial charge in [0.25, 0.3) is 5.91 Å². The van der Waals surface area contributed by atoms with E-state index in [2.05, 4.69) is 15.9 Å². The van der Waals surface area contributed by atoms with Crippen molar-refractivity contribution < 1.29 is 4.79 Å². The summed E-state index contributed by atoms with van der Waals surface area (Å²) >= 11 is 9.58. The van der Waals surface area contributed by atoms with Gasteiger partial charge >= 0.3 is 0 Å². The lowest BCUT2D eigenvalue weighted by Gasteiger charge is -2.26. The third-order valence-corrected chi connectivity index (χ3v) is 4.23. The minimum absolute atomic E-state index is 0.0365. The maximum atomic E-state index is 12.5. The lowest BCUT2D eigenvalue weighted by atomic mass is 10.1. The Bertz CT molecular complexity index is 639. The van der Waals surface area contributed by atoms with Crippen molar-refractivity contribution in [2.45, 2.75) is 13.0 Å². The maximum Gasteiger partial charge on any atom is 0.270 e. The van der Waals surface area contributed by atoms with Crippen molar-refractivity contribution >= 4 is 33.4 Å². The number of hydrogen-bond acceptors (Lipinski definition) is 1. The minimum atomic E-state index is -0.0927. The Morgan fingerprint density at radius 3 is 2.60 bits per heavy atom. The first-order chi connectivity index (χ1) is 9.41. The second-order valence-corrected chi connectivity index (χ2v) is 6.09. The van der Waals surface area contributed by atoms with E-state index in [1.54, 1.807) is 11.9 Å². The van der Waals surface area contributed by atoms with Crippen molar-refractivity contribution in [1.82, 2.24) is 9.47 Å². The molecule has 0 bridgehead atoms. The number of nitrogens with zero attached hydrogens (tertiary/aromatic N) is 2. The highest BCUT2D eigenvalue weighted by molar-refractivity contribution is 9.10. The van der Waals surface area contributed by atoms with Crippen LogP contribution in [0, 0.1) is 0 Å². The van der Waals surface area contributed by atoms with Crippen LogP contribution in [0.15, 0.2) is 41.0 Å². The highest BCUT2D eigenvalue weighted by atomic mass is 79.9. The molecule has 0 N–H and O–H groups in total. The van der Waals surface area contributed by atoms with Gasteiger partial charge in [0.05, 0.1) is 6.04 Å². The standard InChI is InChI=1S/C15H16BrClN2O/c1-10(12-6-4-5-7-13(12)17)19(3)15(20)14-8-11(16)9-18(14)2/h4-10H,1-3H3. The number of aryl methyl sites for hydroxylation is 1. The Morgan fingerprint density at radius 2 is 2.05 bits per heavy atom. The van der Waals surface area contributed by atoms with Gasteiger partial charge in [-0.2, -0.15) is 0 Å². The van der Waals surface area contributed by atoms with Crippen molar-refractivity contribution in [3.05, 3.63) is 57.3 Å². The lowest BCUT2D eigenvalue weighted by Crippen LogP contribution is -2.31. The van der Waals surface area contributed by atoms with Crippen LogP contribution in [-0.2, 0) is 7.05 Å². The topological polar surface area (TPSA) is 25.2 Å². The van der Waals surface area contributed by atoms with Crippen LogP contribution >= 0.6 is 27.5 Å². The van der Waals surface area contributed by atoms with E-state index in [0.717, 1.165) is 10.0 Å². The molecule has 20 heavy (non-hydrogen) atoms. The molecule has 1 heterocycles. The average molecular weight is 356 g/mol. The summed E-state index contributed by atoms with van der Waals surface area (Å²) in [6, 6.07) is 9.31. The number of carbonyl (C=O) groups is 1. The van der Waals surface area contributed by atoms with Gasteiger partial charge in [-0.15, -0.1) is 0 Å². The van der Waals surface area contributed by atoms with Crippen molar-refractivity contribution in [2.75, 3.05) is 7.05 Å². The molecule has 1 unspecified atom stereocenters. The summed E-state index contributed by atoms with van der Waals surface area (Å²) in [6.45, 7) is 1.97. The third-order valence-electron chi connectivity index (χ3n) is 3.45. The molecule has 5 heteroatoms. The summed E-state index contributed by atoms with van der Waals surface area (Å²) in [4.78, 5) is 14.2. The lowest BCUT2D eigenvalue weighted by molar-refractivity contribution is 0.0733. The SMILES string of the molecule is CC(c1ccccc1Cl)N(C)C(=O)c1cc(Br)cn1C. The predicted octanol–water partition coefficient (Wildman–Crippen LogP) is 4.27. The largest absolute Gasteiger partial charge is 0.345 e. The first kappa shape index (κ1) is 15.1. The zero-order chi connectivity index (χ0) is 14.9. The molecule has 0 aliphatic heterocycles. The second kappa shape index (κ2) is 6.02. The van der Waals surface area contributed by atoms with Gasteiger partial charge in [0.1, 0.15) is 5.69 Å². The Hall–Kier alpha value is -1.26. The monoisotopic (exact) mass is 354 g/mol. The normalized spacial score (nSPS) is 12.2. The molecule has 2 rings (SSSR count). The molecule has 1 aromatic heterocycles. The molecule has 0 fully saturated rings. The quantitative estimate of drug-likeness (QED) is 0.807. The van der Waals surface area contributed by atoms with E-state index in [0.29, 0.717) is 10.7 Å². The molecular formula is C15H16BrClN2O. The summed E-state index contributed by atoms with van der Waals surface area (Å²) in [5.41, 5.74) is 1.58. The zero-order valence-electron chi connectivity index (χ0n) is 11.6. The number of aromatic nitrogens is 1. The van der Waals surface area contributed by atoms with Crippen molar-refractivity contribution in [3.8, 4) is 0 Å². The zero-order valence-corrected chi connectivity index (χ0v) is 13.9.